The summed E-state index contributed by atoms with van der Waals surface area (Å²) in [5, 5.41) is 2.97. The molecule has 0 spiro atoms. The van der Waals surface area contributed by atoms with E-state index in [-0.39, 0.29) is 11.8 Å². The van der Waals surface area contributed by atoms with E-state index in [0.717, 1.165) is 41.2 Å². The first-order valence-corrected chi connectivity index (χ1v) is 12.8. The van der Waals surface area contributed by atoms with Gasteiger partial charge in [0, 0.05) is 48.7 Å². The van der Waals surface area contributed by atoms with E-state index < -0.39 is 0 Å². The Labute approximate surface area is 223 Å². The predicted octanol–water partition coefficient (Wildman–Crippen LogP) is 5.79. The summed E-state index contributed by atoms with van der Waals surface area (Å²) < 4.78 is 5.86. The number of amides is 2. The Balaban J connectivity index is 1.14. The van der Waals surface area contributed by atoms with Crippen molar-refractivity contribution in [2.24, 2.45) is 0 Å². The van der Waals surface area contributed by atoms with E-state index in [4.69, 9.17) is 4.74 Å². The minimum Gasteiger partial charge on any atom is -0.489 e. The van der Waals surface area contributed by atoms with Crippen molar-refractivity contribution in [2.75, 3.05) is 36.4 Å². The molecule has 1 fully saturated rings. The van der Waals surface area contributed by atoms with Gasteiger partial charge in [0.15, 0.2) is 0 Å². The van der Waals surface area contributed by atoms with Crippen LogP contribution in [0.1, 0.15) is 31.8 Å². The van der Waals surface area contributed by atoms with E-state index in [1.807, 2.05) is 103 Å². The van der Waals surface area contributed by atoms with Gasteiger partial charge < -0.3 is 19.9 Å². The van der Waals surface area contributed by atoms with E-state index in [1.165, 1.54) is 0 Å². The molecule has 1 aliphatic rings. The number of rotatable bonds is 7. The van der Waals surface area contributed by atoms with E-state index >= 15 is 0 Å². The molecule has 1 heterocycles. The summed E-state index contributed by atoms with van der Waals surface area (Å²) in [6.07, 6.45) is 0. The summed E-state index contributed by atoms with van der Waals surface area (Å²) in [6, 6.07) is 32.7. The smallest absolute Gasteiger partial charge is 0.255 e. The van der Waals surface area contributed by atoms with Gasteiger partial charge in [-0.05, 0) is 66.6 Å². The van der Waals surface area contributed by atoms with Gasteiger partial charge in [0.05, 0.1) is 0 Å². The Morgan fingerprint density at radius 1 is 0.789 bits per heavy atom. The van der Waals surface area contributed by atoms with Gasteiger partial charge in [-0.25, -0.2) is 0 Å². The number of ether oxygens (including phenoxy) is 1. The van der Waals surface area contributed by atoms with Gasteiger partial charge in [-0.3, -0.25) is 9.59 Å². The third-order valence-electron chi connectivity index (χ3n) is 6.78. The van der Waals surface area contributed by atoms with Crippen molar-refractivity contribution in [1.82, 2.24) is 4.90 Å². The fourth-order valence-electron chi connectivity index (χ4n) is 4.58. The number of benzene rings is 4. The van der Waals surface area contributed by atoms with Crippen molar-refractivity contribution in [3.63, 3.8) is 0 Å². The molecule has 0 unspecified atom stereocenters. The van der Waals surface area contributed by atoms with Gasteiger partial charge in [0.1, 0.15) is 12.4 Å². The Kier molecular flexibility index (Phi) is 7.69. The van der Waals surface area contributed by atoms with E-state index in [9.17, 15) is 9.59 Å². The number of aryl methyl sites for hydroxylation is 1. The minimum atomic E-state index is -0.189. The van der Waals surface area contributed by atoms with Crippen molar-refractivity contribution in [1.29, 1.82) is 0 Å². The maximum absolute atomic E-state index is 12.9. The molecule has 0 atom stereocenters. The lowest BCUT2D eigenvalue weighted by atomic mass is 10.1. The summed E-state index contributed by atoms with van der Waals surface area (Å²) in [6.45, 7) is 5.29. The molecule has 1 N–H and O–H groups in total. The Bertz CT molecular complexity index is 1400. The van der Waals surface area contributed by atoms with Crippen LogP contribution in [0, 0.1) is 6.92 Å². The Hall–Kier alpha value is -4.58. The average Bonchev–Trinajstić information content (AvgIpc) is 2.97. The van der Waals surface area contributed by atoms with Crippen molar-refractivity contribution < 1.29 is 14.3 Å². The summed E-state index contributed by atoms with van der Waals surface area (Å²) in [5.74, 6) is 0.554. The highest BCUT2D eigenvalue weighted by atomic mass is 16.5. The molecule has 6 nitrogen and oxygen atoms in total. The van der Waals surface area contributed by atoms with Crippen LogP contribution in [0.3, 0.4) is 0 Å². The molecule has 2 amide bonds. The quantitative estimate of drug-likeness (QED) is 0.345. The zero-order valence-corrected chi connectivity index (χ0v) is 21.5. The van der Waals surface area contributed by atoms with Crippen LogP contribution in [0.5, 0.6) is 5.75 Å². The minimum absolute atomic E-state index is 0.0929. The third kappa shape index (κ3) is 6.03. The van der Waals surface area contributed by atoms with Gasteiger partial charge in [-0.15, -0.1) is 0 Å². The van der Waals surface area contributed by atoms with Gasteiger partial charge in [-0.2, -0.15) is 0 Å². The van der Waals surface area contributed by atoms with Crippen molar-refractivity contribution >= 4 is 23.2 Å². The lowest BCUT2D eigenvalue weighted by Crippen LogP contribution is -2.48. The van der Waals surface area contributed by atoms with Crippen LogP contribution >= 0.6 is 0 Å². The van der Waals surface area contributed by atoms with Crippen LogP contribution in [0.2, 0.25) is 0 Å². The number of carbonyl (C=O) groups excluding carboxylic acids is 2. The zero-order valence-electron chi connectivity index (χ0n) is 21.5. The number of carbonyl (C=O) groups is 2. The molecule has 1 aliphatic heterocycles. The molecule has 0 aliphatic carbocycles. The summed E-state index contributed by atoms with van der Waals surface area (Å²) in [7, 11) is 0. The molecule has 0 saturated carbocycles. The molecule has 1 saturated heterocycles. The molecule has 0 bridgehead atoms. The number of piperazine rings is 1. The van der Waals surface area contributed by atoms with Gasteiger partial charge in [-0.1, -0.05) is 54.6 Å². The fourth-order valence-corrected chi connectivity index (χ4v) is 4.58. The Morgan fingerprint density at radius 3 is 2.24 bits per heavy atom. The fraction of sp³-hybridized carbons (Fsp3) is 0.188. The molecule has 38 heavy (non-hydrogen) atoms. The van der Waals surface area contributed by atoms with Crippen LogP contribution in [0.25, 0.3) is 0 Å². The van der Waals surface area contributed by atoms with Crippen molar-refractivity contribution in [3.05, 3.63) is 125 Å². The highest BCUT2D eigenvalue weighted by Gasteiger charge is 2.23. The first kappa shape index (κ1) is 25.1. The largest absolute Gasteiger partial charge is 0.489 e. The normalized spacial score (nSPS) is 13.2. The molecule has 192 valence electrons. The van der Waals surface area contributed by atoms with E-state index in [2.05, 4.69) is 10.2 Å². The summed E-state index contributed by atoms with van der Waals surface area (Å²) >= 11 is 0. The first-order chi connectivity index (χ1) is 18.6. The molecule has 5 rings (SSSR count). The van der Waals surface area contributed by atoms with E-state index in [0.29, 0.717) is 31.0 Å². The zero-order chi connectivity index (χ0) is 26.3. The molecular formula is C32H31N3O3. The SMILES string of the molecule is Cc1ccccc1C(=O)N1CCN(c2ccc(NC(=O)c3cccc(OCc4ccccc4)c3)cc2)CC1. The standard InChI is InChI=1S/C32H31N3O3/c1-24-8-5-6-13-30(24)32(37)35-20-18-34(19-21-35)28-16-14-27(15-17-28)33-31(36)26-11-7-12-29(22-26)38-23-25-9-3-2-4-10-25/h2-17,22H,18-21,23H2,1H3,(H,33,36). The summed E-state index contributed by atoms with van der Waals surface area (Å²) in [5.41, 5.74) is 5.18. The Morgan fingerprint density at radius 2 is 1.50 bits per heavy atom. The predicted molar refractivity (Wildman–Crippen MR) is 151 cm³/mol. The second-order valence-corrected chi connectivity index (χ2v) is 9.40. The highest BCUT2D eigenvalue weighted by molar-refractivity contribution is 6.04. The van der Waals surface area contributed by atoms with Crippen LogP contribution in [0.4, 0.5) is 11.4 Å². The molecule has 4 aromatic rings. The molecular weight excluding hydrogens is 474 g/mol. The average molecular weight is 506 g/mol. The van der Waals surface area contributed by atoms with Crippen molar-refractivity contribution in [3.8, 4) is 5.75 Å². The third-order valence-corrected chi connectivity index (χ3v) is 6.78. The number of hydrogen-bond donors (Lipinski definition) is 1. The summed E-state index contributed by atoms with van der Waals surface area (Å²) in [4.78, 5) is 29.9. The molecule has 0 radical (unpaired) electrons. The molecule has 4 aromatic carbocycles. The maximum atomic E-state index is 12.9. The van der Waals surface area contributed by atoms with Crippen LogP contribution in [-0.2, 0) is 6.61 Å². The lowest BCUT2D eigenvalue weighted by molar-refractivity contribution is 0.0746. The second-order valence-electron chi connectivity index (χ2n) is 9.40. The monoisotopic (exact) mass is 505 g/mol. The molecule has 6 heteroatoms. The van der Waals surface area contributed by atoms with E-state index in [1.54, 1.807) is 12.1 Å². The van der Waals surface area contributed by atoms with Crippen LogP contribution < -0.4 is 15.0 Å². The maximum Gasteiger partial charge on any atom is 0.255 e. The van der Waals surface area contributed by atoms with Gasteiger partial charge in [0.2, 0.25) is 0 Å². The van der Waals surface area contributed by atoms with Crippen LogP contribution in [0.15, 0.2) is 103 Å². The number of nitrogens with one attached hydrogen (secondary N) is 1. The van der Waals surface area contributed by atoms with Crippen molar-refractivity contribution in [2.45, 2.75) is 13.5 Å². The van der Waals surface area contributed by atoms with Crippen LogP contribution in [-0.4, -0.2) is 42.9 Å². The topological polar surface area (TPSA) is 61.9 Å². The second kappa shape index (κ2) is 11.6. The first-order valence-electron chi connectivity index (χ1n) is 12.8. The number of hydrogen-bond acceptors (Lipinski definition) is 4. The van der Waals surface area contributed by atoms with Gasteiger partial charge in [0.25, 0.3) is 11.8 Å². The number of nitrogens with zero attached hydrogens (tertiary/aromatic N) is 2. The lowest BCUT2D eigenvalue weighted by Gasteiger charge is -2.36. The molecule has 0 aromatic heterocycles. The van der Waals surface area contributed by atoms with Gasteiger partial charge >= 0.3 is 0 Å². The number of anilines is 2. The highest BCUT2D eigenvalue weighted by Crippen LogP contribution is 2.22.